The summed E-state index contributed by atoms with van der Waals surface area (Å²) < 4.78 is 59.9. The van der Waals surface area contributed by atoms with Gasteiger partial charge in [-0.3, -0.25) is 4.79 Å². The molecule has 5 rings (SSSR count). The lowest BCUT2D eigenvalue weighted by atomic mass is 9.98. The molecule has 3 aromatic rings. The number of benzene rings is 3. The minimum Gasteiger partial charge on any atom is -0.487 e. The molecule has 0 aliphatic carbocycles. The summed E-state index contributed by atoms with van der Waals surface area (Å²) in [7, 11) is 0. The van der Waals surface area contributed by atoms with Gasteiger partial charge in [0.25, 0.3) is 5.91 Å². The molecule has 0 saturated carbocycles. The molecule has 2 heterocycles. The van der Waals surface area contributed by atoms with Gasteiger partial charge in [0, 0.05) is 53.3 Å². The number of amides is 1. The summed E-state index contributed by atoms with van der Waals surface area (Å²) in [4.78, 5) is 15.6. The smallest absolute Gasteiger partial charge is 0.254 e. The maximum absolute atomic E-state index is 14.0. The Morgan fingerprint density at radius 1 is 0.857 bits per heavy atom. The SMILES string of the molecule is O=C(c1ccc(CSc2ccc(F)cc2F)cc1)N1[C@H]2CC[C@H]1CC(Oc1ccc(F)cc1F)C2. The number of nitrogens with zero attached hydrogens (tertiary/aromatic N) is 1. The Balaban J connectivity index is 1.20. The molecule has 2 bridgehead atoms. The van der Waals surface area contributed by atoms with Crippen molar-refractivity contribution in [1.29, 1.82) is 0 Å². The number of thioether (sulfide) groups is 1. The third-order valence-corrected chi connectivity index (χ3v) is 7.72. The molecule has 1 amide bonds. The lowest BCUT2D eigenvalue weighted by molar-refractivity contribution is 0.0349. The Labute approximate surface area is 205 Å². The van der Waals surface area contributed by atoms with E-state index in [1.54, 1.807) is 12.1 Å². The van der Waals surface area contributed by atoms with E-state index in [1.165, 1.54) is 36.0 Å². The highest BCUT2D eigenvalue weighted by Gasteiger charge is 2.44. The van der Waals surface area contributed by atoms with E-state index in [4.69, 9.17) is 4.74 Å². The summed E-state index contributed by atoms with van der Waals surface area (Å²) in [5.41, 5.74) is 1.50. The number of fused-ring (bicyclic) bond motifs is 2. The fraction of sp³-hybridized carbons (Fsp3) is 0.296. The van der Waals surface area contributed by atoms with Crippen molar-refractivity contribution < 1.29 is 27.1 Å². The number of ether oxygens (including phenoxy) is 1. The van der Waals surface area contributed by atoms with Gasteiger partial charge in [0.05, 0.1) is 0 Å². The van der Waals surface area contributed by atoms with Gasteiger partial charge in [-0.25, -0.2) is 17.6 Å². The van der Waals surface area contributed by atoms with E-state index in [-0.39, 0.29) is 29.8 Å². The molecule has 8 heteroatoms. The third-order valence-electron chi connectivity index (χ3n) is 6.60. The summed E-state index contributed by atoms with van der Waals surface area (Å²) in [6.45, 7) is 0. The van der Waals surface area contributed by atoms with Gasteiger partial charge in [-0.15, -0.1) is 11.8 Å². The molecule has 182 valence electrons. The lowest BCUT2D eigenvalue weighted by Gasteiger charge is -2.39. The molecule has 3 aromatic carbocycles. The lowest BCUT2D eigenvalue weighted by Crippen LogP contribution is -2.49. The number of carbonyl (C=O) groups excluding carboxylic acids is 1. The van der Waals surface area contributed by atoms with Crippen LogP contribution in [0.4, 0.5) is 17.6 Å². The summed E-state index contributed by atoms with van der Waals surface area (Å²) in [5.74, 6) is -2.10. The van der Waals surface area contributed by atoms with Crippen molar-refractivity contribution in [2.24, 2.45) is 0 Å². The third kappa shape index (κ3) is 5.17. The van der Waals surface area contributed by atoms with Crippen LogP contribution < -0.4 is 4.74 Å². The zero-order chi connectivity index (χ0) is 24.5. The number of halogens is 4. The molecule has 0 spiro atoms. The largest absolute Gasteiger partial charge is 0.487 e. The Morgan fingerprint density at radius 2 is 1.49 bits per heavy atom. The normalized spacial score (nSPS) is 21.3. The highest BCUT2D eigenvalue weighted by molar-refractivity contribution is 7.98. The summed E-state index contributed by atoms with van der Waals surface area (Å²) in [6, 6.07) is 14.0. The molecule has 35 heavy (non-hydrogen) atoms. The first-order chi connectivity index (χ1) is 16.9. The van der Waals surface area contributed by atoms with Crippen molar-refractivity contribution in [2.75, 3.05) is 0 Å². The second-order valence-electron chi connectivity index (χ2n) is 8.94. The van der Waals surface area contributed by atoms with Crippen LogP contribution in [0.3, 0.4) is 0 Å². The predicted octanol–water partition coefficient (Wildman–Crippen LogP) is 6.75. The van der Waals surface area contributed by atoms with Gasteiger partial charge in [-0.2, -0.15) is 0 Å². The van der Waals surface area contributed by atoms with Crippen LogP contribution in [0.25, 0.3) is 0 Å². The van der Waals surface area contributed by atoms with Crippen molar-refractivity contribution >= 4 is 17.7 Å². The van der Waals surface area contributed by atoms with E-state index >= 15 is 0 Å². The van der Waals surface area contributed by atoms with Crippen LogP contribution in [-0.4, -0.2) is 29.0 Å². The molecule has 2 saturated heterocycles. The predicted molar refractivity (Wildman–Crippen MR) is 125 cm³/mol. The van der Waals surface area contributed by atoms with E-state index in [1.807, 2.05) is 17.0 Å². The molecule has 2 fully saturated rings. The van der Waals surface area contributed by atoms with Crippen molar-refractivity contribution in [1.82, 2.24) is 4.90 Å². The Bertz CT molecular complexity index is 1220. The van der Waals surface area contributed by atoms with Crippen LogP contribution in [0.1, 0.15) is 41.6 Å². The molecule has 3 nitrogen and oxygen atoms in total. The van der Waals surface area contributed by atoms with E-state index in [2.05, 4.69) is 0 Å². The Morgan fingerprint density at radius 3 is 2.11 bits per heavy atom. The van der Waals surface area contributed by atoms with E-state index < -0.39 is 23.3 Å². The molecule has 0 aromatic heterocycles. The number of rotatable bonds is 6. The zero-order valence-electron chi connectivity index (χ0n) is 18.7. The van der Waals surface area contributed by atoms with Crippen molar-refractivity contribution in [3.8, 4) is 5.75 Å². The second kappa shape index (κ2) is 9.93. The van der Waals surface area contributed by atoms with Crippen LogP contribution >= 0.6 is 11.8 Å². The molecule has 2 atom stereocenters. The van der Waals surface area contributed by atoms with Crippen LogP contribution in [0.2, 0.25) is 0 Å². The molecule has 2 aliphatic heterocycles. The number of hydrogen-bond donors (Lipinski definition) is 0. The fourth-order valence-electron chi connectivity index (χ4n) is 4.95. The molecule has 0 radical (unpaired) electrons. The summed E-state index contributed by atoms with van der Waals surface area (Å²) in [6.07, 6.45) is 2.68. The number of carbonyl (C=O) groups is 1. The topological polar surface area (TPSA) is 29.5 Å². The average Bonchev–Trinajstić information content (AvgIpc) is 3.10. The van der Waals surface area contributed by atoms with Crippen LogP contribution in [0, 0.1) is 23.3 Å². The molecule has 0 unspecified atom stereocenters. The quantitative estimate of drug-likeness (QED) is 0.276. The van der Waals surface area contributed by atoms with Crippen molar-refractivity contribution in [3.05, 3.63) is 95.1 Å². The van der Waals surface area contributed by atoms with Crippen LogP contribution in [-0.2, 0) is 5.75 Å². The maximum atomic E-state index is 14.0. The van der Waals surface area contributed by atoms with Gasteiger partial charge in [0.1, 0.15) is 23.6 Å². The minimum absolute atomic E-state index is 0.00597. The van der Waals surface area contributed by atoms with Gasteiger partial charge in [0.2, 0.25) is 0 Å². The minimum atomic E-state index is -0.726. The monoisotopic (exact) mass is 501 g/mol. The highest BCUT2D eigenvalue weighted by atomic mass is 32.2. The summed E-state index contributed by atoms with van der Waals surface area (Å²) >= 11 is 1.27. The van der Waals surface area contributed by atoms with E-state index in [0.29, 0.717) is 29.1 Å². The Hall–Kier alpha value is -3.00. The molecule has 2 aliphatic rings. The summed E-state index contributed by atoms with van der Waals surface area (Å²) in [5, 5.41) is 0. The van der Waals surface area contributed by atoms with Gasteiger partial charge in [-0.05, 0) is 54.8 Å². The first-order valence-corrected chi connectivity index (χ1v) is 12.5. The standard InChI is InChI=1S/C27H23F4NO2S/c28-18-5-9-25(23(30)11-18)34-22-13-20-7-8-21(14-22)32(20)27(33)17-3-1-16(2-4-17)15-35-26-10-6-19(29)12-24(26)31/h1-6,9-12,20-22H,7-8,13-15H2/t20-,21-/m0/s1. The zero-order valence-corrected chi connectivity index (χ0v) is 19.5. The first kappa shape index (κ1) is 23.7. The van der Waals surface area contributed by atoms with Crippen molar-refractivity contribution in [2.45, 2.75) is 54.5 Å². The van der Waals surface area contributed by atoms with Crippen molar-refractivity contribution in [3.63, 3.8) is 0 Å². The Kier molecular flexibility index (Phi) is 6.73. The molecule has 0 N–H and O–H groups in total. The second-order valence-corrected chi connectivity index (χ2v) is 9.96. The van der Waals surface area contributed by atoms with E-state index in [0.717, 1.165) is 30.5 Å². The average molecular weight is 502 g/mol. The molecular formula is C27H23F4NO2S. The van der Waals surface area contributed by atoms with Gasteiger partial charge in [-0.1, -0.05) is 12.1 Å². The molecular weight excluding hydrogens is 478 g/mol. The first-order valence-electron chi connectivity index (χ1n) is 11.5. The van der Waals surface area contributed by atoms with Gasteiger partial charge >= 0.3 is 0 Å². The fourth-order valence-corrected chi connectivity index (χ4v) is 5.83. The highest BCUT2D eigenvalue weighted by Crippen LogP contribution is 2.38. The number of piperidine rings is 1. The van der Waals surface area contributed by atoms with Crippen LogP contribution in [0.5, 0.6) is 5.75 Å². The van der Waals surface area contributed by atoms with Gasteiger partial charge in [0.15, 0.2) is 11.6 Å². The van der Waals surface area contributed by atoms with E-state index in [9.17, 15) is 22.4 Å². The maximum Gasteiger partial charge on any atom is 0.254 e. The number of hydrogen-bond acceptors (Lipinski definition) is 3. The van der Waals surface area contributed by atoms with Crippen LogP contribution in [0.15, 0.2) is 65.6 Å². The van der Waals surface area contributed by atoms with Gasteiger partial charge < -0.3 is 9.64 Å².